The molecule has 5 heteroatoms. The third kappa shape index (κ3) is 21.9. The van der Waals surface area contributed by atoms with E-state index in [9.17, 15) is 0 Å². The van der Waals surface area contributed by atoms with Gasteiger partial charge < -0.3 is 0 Å². The van der Waals surface area contributed by atoms with Crippen molar-refractivity contribution < 1.29 is 10.0 Å². The fourth-order valence-electron chi connectivity index (χ4n) is 0. The van der Waals surface area contributed by atoms with Gasteiger partial charge in [-0.25, -0.2) is 0 Å². The molecule has 3 nitrogen and oxygen atoms in total. The molecule has 0 aliphatic carbocycles. The van der Waals surface area contributed by atoms with Crippen LogP contribution in [0.15, 0.2) is 0 Å². The normalized spacial score (nSPS) is 7.00. The Morgan fingerprint density at radius 2 is 1.40 bits per heavy atom. The molecule has 0 rings (SSSR count). The minimum absolute atomic E-state index is 0. The number of hydrogen-bond donors (Lipinski definition) is 2. The number of hydrogen-bond acceptors (Lipinski definition) is 1. The van der Waals surface area contributed by atoms with Gasteiger partial charge in [-0.1, -0.05) is 0 Å². The smallest absolute Gasteiger partial charge is 0 e. The summed E-state index contributed by atoms with van der Waals surface area (Å²) in [6, 6.07) is 0. The minimum atomic E-state index is -3.61. The Morgan fingerprint density at radius 1 is 1.40 bits per heavy atom. The SMILES string of the molecule is O=[Te](O)O.[Rb]. The maximum atomic E-state index is 8.81. The standard InChI is InChI=1S/H2O3Te.Rb/c1-4(2)3;/h(H2,1,2,3);. The summed E-state index contributed by atoms with van der Waals surface area (Å²) in [6.45, 7) is 0. The maximum absolute atomic E-state index is 8.81. The Hall–Kier alpha value is 2.31. The molecule has 0 atom stereocenters. The zero-order valence-electron chi connectivity index (χ0n) is 2.71. The van der Waals surface area contributed by atoms with Crippen LogP contribution in [0.1, 0.15) is 0 Å². The van der Waals surface area contributed by atoms with Gasteiger partial charge in [-0.2, -0.15) is 0 Å². The van der Waals surface area contributed by atoms with Crippen LogP contribution in [0.4, 0.5) is 0 Å². The second kappa shape index (κ2) is 6.31. The Kier molecular flexibility index (Phi) is 13.0. The summed E-state index contributed by atoms with van der Waals surface area (Å²) >= 11 is -3.61. The molecule has 0 unspecified atom stereocenters. The topological polar surface area (TPSA) is 57.5 Å². The molecule has 5 heavy (non-hydrogen) atoms. The molecule has 0 aromatic rings. The van der Waals surface area contributed by atoms with Crippen molar-refractivity contribution in [1.82, 2.24) is 0 Å². The van der Waals surface area contributed by atoms with Crippen LogP contribution in [0.2, 0.25) is 0 Å². The van der Waals surface area contributed by atoms with E-state index in [0.29, 0.717) is 0 Å². The van der Waals surface area contributed by atoms with Crippen LogP contribution in [-0.2, 0) is 3.10 Å². The molecule has 0 amide bonds. The second-order valence-electron chi connectivity index (χ2n) is 0.231. The van der Waals surface area contributed by atoms with E-state index in [1.165, 1.54) is 0 Å². The summed E-state index contributed by atoms with van der Waals surface area (Å²) in [6.07, 6.45) is 0. The summed E-state index contributed by atoms with van der Waals surface area (Å²) in [4.78, 5) is 0. The second-order valence-corrected chi connectivity index (χ2v) is 1.55. The van der Waals surface area contributed by atoms with Gasteiger partial charge in [0.25, 0.3) is 0 Å². The van der Waals surface area contributed by atoms with Gasteiger partial charge >= 0.3 is 30.4 Å². The fraction of sp³-hybridized carbons (Fsp3) is 0. The molecule has 0 aliphatic heterocycles. The molecular formula is H2O3RbTe. The van der Waals surface area contributed by atoms with E-state index in [2.05, 4.69) is 0 Å². The van der Waals surface area contributed by atoms with Gasteiger partial charge in [0.2, 0.25) is 0 Å². The summed E-state index contributed by atoms with van der Waals surface area (Å²) in [5.74, 6) is 0. The molecule has 0 aliphatic rings. The average Bonchev–Trinajstić information content (AvgIpc) is 0.811. The van der Waals surface area contributed by atoms with Crippen molar-refractivity contribution in [1.29, 1.82) is 0 Å². The van der Waals surface area contributed by atoms with Crippen LogP contribution in [0, 0.1) is 0 Å². The van der Waals surface area contributed by atoms with E-state index in [1.54, 1.807) is 0 Å². The summed E-state index contributed by atoms with van der Waals surface area (Å²) in [5.41, 5.74) is 0. The van der Waals surface area contributed by atoms with Crippen molar-refractivity contribution in [3.05, 3.63) is 0 Å². The van der Waals surface area contributed by atoms with Crippen molar-refractivity contribution >= 4 is 78.5 Å². The molecule has 0 heterocycles. The van der Waals surface area contributed by atoms with E-state index in [-0.39, 0.29) is 58.2 Å². The van der Waals surface area contributed by atoms with E-state index in [1.807, 2.05) is 0 Å². The molecule has 0 bridgehead atoms. The minimum Gasteiger partial charge on any atom is 0 e. The predicted octanol–water partition coefficient (Wildman–Crippen LogP) is -1.99. The Balaban J connectivity index is 0. The first-order valence-electron chi connectivity index (χ1n) is 0.532. The Morgan fingerprint density at radius 3 is 1.40 bits per heavy atom. The van der Waals surface area contributed by atoms with Gasteiger partial charge in [0.1, 0.15) is 0 Å². The molecular weight excluding hydrogens is 261 g/mol. The van der Waals surface area contributed by atoms with Crippen molar-refractivity contribution in [2.24, 2.45) is 0 Å². The fourth-order valence-corrected chi connectivity index (χ4v) is 0. The van der Waals surface area contributed by atoms with Gasteiger partial charge in [0, 0.05) is 58.2 Å². The predicted molar refractivity (Wildman–Crippen MR) is 16.6 cm³/mol. The largest absolute Gasteiger partial charge is 0 e. The van der Waals surface area contributed by atoms with Crippen molar-refractivity contribution in [2.45, 2.75) is 0 Å². The summed E-state index contributed by atoms with van der Waals surface area (Å²) in [7, 11) is 0. The van der Waals surface area contributed by atoms with E-state index >= 15 is 0 Å². The van der Waals surface area contributed by atoms with Crippen LogP contribution in [0.3, 0.4) is 0 Å². The summed E-state index contributed by atoms with van der Waals surface area (Å²) in [5, 5.41) is 0. The molecule has 2 N–H and O–H groups in total. The zero-order chi connectivity index (χ0) is 3.58. The molecule has 0 aromatic heterocycles. The first-order chi connectivity index (χ1) is 1.73. The molecule has 27 valence electrons. The quantitative estimate of drug-likeness (QED) is 0.497. The Bertz CT molecular complexity index is 29.9. The van der Waals surface area contributed by atoms with Gasteiger partial charge in [0.15, 0.2) is 0 Å². The van der Waals surface area contributed by atoms with E-state index < -0.39 is 20.4 Å². The monoisotopic (exact) mass is 265 g/mol. The zero-order valence-corrected chi connectivity index (χ0v) is 9.96. The van der Waals surface area contributed by atoms with Crippen molar-refractivity contribution in [3.8, 4) is 0 Å². The third-order valence-corrected chi connectivity index (χ3v) is 0. The van der Waals surface area contributed by atoms with Crippen LogP contribution >= 0.6 is 0 Å². The van der Waals surface area contributed by atoms with Crippen LogP contribution in [0.5, 0.6) is 0 Å². The molecule has 0 aromatic carbocycles. The Labute approximate surface area is 86.3 Å². The molecule has 0 spiro atoms. The third-order valence-electron chi connectivity index (χ3n) is 0. The van der Waals surface area contributed by atoms with Crippen LogP contribution < -0.4 is 0 Å². The summed E-state index contributed by atoms with van der Waals surface area (Å²) < 4.78 is 23.3. The van der Waals surface area contributed by atoms with E-state index in [4.69, 9.17) is 10.0 Å². The van der Waals surface area contributed by atoms with Crippen molar-refractivity contribution in [2.75, 3.05) is 0 Å². The van der Waals surface area contributed by atoms with Crippen LogP contribution in [0.25, 0.3) is 0 Å². The van der Waals surface area contributed by atoms with Crippen LogP contribution in [-0.4, -0.2) is 85.5 Å². The average molecular weight is 263 g/mol. The maximum Gasteiger partial charge on any atom is 0 e. The van der Waals surface area contributed by atoms with E-state index in [0.717, 1.165) is 0 Å². The number of rotatable bonds is 0. The first-order valence-corrected chi connectivity index (χ1v) is 3.57. The molecule has 0 saturated carbocycles. The molecule has 1 radical (unpaired) electrons. The van der Waals surface area contributed by atoms with Gasteiger partial charge in [-0.05, 0) is 0 Å². The van der Waals surface area contributed by atoms with Gasteiger partial charge in [0.05, 0.1) is 0 Å². The van der Waals surface area contributed by atoms with Gasteiger partial charge in [-0.3, -0.25) is 0 Å². The first kappa shape index (κ1) is 10.3. The molecule has 0 fully saturated rings. The van der Waals surface area contributed by atoms with Crippen molar-refractivity contribution in [3.63, 3.8) is 0 Å². The molecule has 0 saturated heterocycles. The van der Waals surface area contributed by atoms with Gasteiger partial charge in [-0.15, -0.1) is 0 Å².